The molecule has 1 N–H and O–H groups in total. The van der Waals surface area contributed by atoms with Crippen LogP contribution >= 0.6 is 23.2 Å². The third-order valence-corrected chi connectivity index (χ3v) is 3.59. The summed E-state index contributed by atoms with van der Waals surface area (Å²) in [5.74, 6) is 1.49. The van der Waals surface area contributed by atoms with Gasteiger partial charge in [-0.2, -0.15) is 0 Å². The number of anilines is 1. The molecule has 3 nitrogen and oxygen atoms in total. The lowest BCUT2D eigenvalue weighted by Gasteiger charge is -2.13. The molecule has 0 aliphatic rings. The number of para-hydroxylation sites is 2. The first-order chi connectivity index (χ1) is 10.2. The molecule has 0 aromatic heterocycles. The fourth-order valence-corrected chi connectivity index (χ4v) is 2.20. The molecule has 0 bridgehead atoms. The van der Waals surface area contributed by atoms with E-state index in [4.69, 9.17) is 32.7 Å². The Hall–Kier alpha value is -1.58. The van der Waals surface area contributed by atoms with Crippen LogP contribution in [0, 0.1) is 0 Å². The number of halogens is 2. The molecule has 0 spiro atoms. The molecule has 0 heterocycles. The van der Waals surface area contributed by atoms with E-state index in [-0.39, 0.29) is 0 Å². The molecule has 5 heteroatoms. The molecule has 0 aliphatic carbocycles. The molecule has 0 atom stereocenters. The minimum Gasteiger partial charge on any atom is -0.490 e. The minimum atomic E-state index is 0.493. The fraction of sp³-hybridized carbons (Fsp3) is 0.250. The first-order valence-corrected chi connectivity index (χ1v) is 7.50. The number of benzene rings is 2. The lowest BCUT2D eigenvalue weighted by molar-refractivity contribution is 0.284. The summed E-state index contributed by atoms with van der Waals surface area (Å²) in [5, 5.41) is 4.25. The van der Waals surface area contributed by atoms with Crippen molar-refractivity contribution in [3.8, 4) is 11.5 Å². The van der Waals surface area contributed by atoms with E-state index in [1.807, 2.05) is 43.3 Å². The zero-order valence-corrected chi connectivity index (χ0v) is 13.2. The number of nitrogens with one attached hydrogen (secondary N) is 1. The van der Waals surface area contributed by atoms with Gasteiger partial charge in [-0.15, -0.1) is 0 Å². The third kappa shape index (κ3) is 4.45. The predicted molar refractivity (Wildman–Crippen MR) is 88.1 cm³/mol. The Labute approximate surface area is 134 Å². The maximum Gasteiger partial charge on any atom is 0.161 e. The first kappa shape index (κ1) is 15.8. The molecule has 0 fully saturated rings. The number of ether oxygens (including phenoxy) is 2. The van der Waals surface area contributed by atoms with Crippen molar-refractivity contribution in [3.05, 3.63) is 52.5 Å². The van der Waals surface area contributed by atoms with E-state index in [0.717, 1.165) is 17.2 Å². The van der Waals surface area contributed by atoms with Crippen LogP contribution in [0.3, 0.4) is 0 Å². The lowest BCUT2D eigenvalue weighted by Crippen LogP contribution is -2.12. The molecule has 0 saturated heterocycles. The summed E-state index contributed by atoms with van der Waals surface area (Å²) in [4.78, 5) is 0. The number of rotatable bonds is 7. The summed E-state index contributed by atoms with van der Waals surface area (Å²) >= 11 is 12.1. The van der Waals surface area contributed by atoms with Gasteiger partial charge in [-0.25, -0.2) is 0 Å². The molecule has 0 radical (unpaired) electrons. The molecule has 0 saturated carbocycles. The zero-order valence-electron chi connectivity index (χ0n) is 11.7. The van der Waals surface area contributed by atoms with Gasteiger partial charge < -0.3 is 14.8 Å². The fourth-order valence-electron chi connectivity index (χ4n) is 1.83. The van der Waals surface area contributed by atoms with Gasteiger partial charge in [0.15, 0.2) is 11.5 Å². The van der Waals surface area contributed by atoms with Crippen LogP contribution in [0.2, 0.25) is 10.0 Å². The highest BCUT2D eigenvalue weighted by Crippen LogP contribution is 2.29. The summed E-state index contributed by atoms with van der Waals surface area (Å²) < 4.78 is 11.2. The molecule has 21 heavy (non-hydrogen) atoms. The highest BCUT2D eigenvalue weighted by Gasteiger charge is 2.05. The maximum atomic E-state index is 6.10. The third-order valence-electron chi connectivity index (χ3n) is 2.78. The van der Waals surface area contributed by atoms with E-state index >= 15 is 0 Å². The van der Waals surface area contributed by atoms with E-state index in [2.05, 4.69) is 5.32 Å². The van der Waals surface area contributed by atoms with Crippen molar-refractivity contribution in [2.45, 2.75) is 6.92 Å². The zero-order chi connectivity index (χ0) is 15.1. The molecule has 2 aromatic carbocycles. The largest absolute Gasteiger partial charge is 0.490 e. The van der Waals surface area contributed by atoms with Gasteiger partial charge in [0.25, 0.3) is 0 Å². The van der Waals surface area contributed by atoms with Gasteiger partial charge in [0.1, 0.15) is 6.61 Å². The van der Waals surface area contributed by atoms with Gasteiger partial charge in [0.2, 0.25) is 0 Å². The molecular formula is C16H17Cl2NO2. The molecule has 0 amide bonds. The van der Waals surface area contributed by atoms with E-state index in [9.17, 15) is 0 Å². The van der Waals surface area contributed by atoms with Gasteiger partial charge in [0, 0.05) is 6.54 Å². The van der Waals surface area contributed by atoms with Crippen LogP contribution in [0.25, 0.3) is 0 Å². The smallest absolute Gasteiger partial charge is 0.161 e. The highest BCUT2D eigenvalue weighted by atomic mass is 35.5. The predicted octanol–water partition coefficient (Wildman–Crippen LogP) is 4.88. The van der Waals surface area contributed by atoms with Crippen LogP contribution in [-0.4, -0.2) is 19.8 Å². The normalized spacial score (nSPS) is 10.2. The van der Waals surface area contributed by atoms with Crippen molar-refractivity contribution in [2.75, 3.05) is 25.1 Å². The molecule has 0 aliphatic heterocycles. The average Bonchev–Trinajstić information content (AvgIpc) is 2.49. The SMILES string of the molecule is CCOc1ccccc1OCCNc1cccc(Cl)c1Cl. The summed E-state index contributed by atoms with van der Waals surface area (Å²) in [6.07, 6.45) is 0. The van der Waals surface area contributed by atoms with E-state index < -0.39 is 0 Å². The summed E-state index contributed by atoms with van der Waals surface area (Å²) in [7, 11) is 0. The van der Waals surface area contributed by atoms with Gasteiger partial charge >= 0.3 is 0 Å². The van der Waals surface area contributed by atoms with Crippen molar-refractivity contribution >= 4 is 28.9 Å². The average molecular weight is 326 g/mol. The van der Waals surface area contributed by atoms with Crippen LogP contribution in [-0.2, 0) is 0 Å². The van der Waals surface area contributed by atoms with E-state index in [0.29, 0.717) is 29.8 Å². The van der Waals surface area contributed by atoms with Crippen molar-refractivity contribution < 1.29 is 9.47 Å². The Morgan fingerprint density at radius 2 is 1.67 bits per heavy atom. The van der Waals surface area contributed by atoms with Crippen LogP contribution in [0.4, 0.5) is 5.69 Å². The van der Waals surface area contributed by atoms with Crippen molar-refractivity contribution in [1.82, 2.24) is 0 Å². The van der Waals surface area contributed by atoms with Crippen LogP contribution in [0.15, 0.2) is 42.5 Å². The summed E-state index contributed by atoms with van der Waals surface area (Å²) in [5.41, 5.74) is 0.797. The van der Waals surface area contributed by atoms with Crippen LogP contribution < -0.4 is 14.8 Å². The second-order valence-electron chi connectivity index (χ2n) is 4.26. The van der Waals surface area contributed by atoms with Gasteiger partial charge in [-0.3, -0.25) is 0 Å². The molecular weight excluding hydrogens is 309 g/mol. The minimum absolute atomic E-state index is 0.493. The standard InChI is InChI=1S/C16H17Cl2NO2/c1-2-20-14-8-3-4-9-15(14)21-11-10-19-13-7-5-6-12(17)16(13)18/h3-9,19H,2,10-11H2,1H3. The highest BCUT2D eigenvalue weighted by molar-refractivity contribution is 6.43. The second-order valence-corrected chi connectivity index (χ2v) is 5.04. The van der Waals surface area contributed by atoms with Gasteiger partial charge in [-0.1, -0.05) is 41.4 Å². The summed E-state index contributed by atoms with van der Waals surface area (Å²) in [6, 6.07) is 13.1. The summed E-state index contributed by atoms with van der Waals surface area (Å²) in [6.45, 7) is 3.66. The number of hydrogen-bond donors (Lipinski definition) is 1. The topological polar surface area (TPSA) is 30.5 Å². The quantitative estimate of drug-likeness (QED) is 0.735. The van der Waals surface area contributed by atoms with Crippen LogP contribution in [0.5, 0.6) is 11.5 Å². The Balaban J connectivity index is 1.86. The maximum absolute atomic E-state index is 6.10. The van der Waals surface area contributed by atoms with Crippen molar-refractivity contribution in [2.24, 2.45) is 0 Å². The van der Waals surface area contributed by atoms with Crippen molar-refractivity contribution in [1.29, 1.82) is 0 Å². The van der Waals surface area contributed by atoms with E-state index in [1.54, 1.807) is 6.07 Å². The molecule has 2 aromatic rings. The monoisotopic (exact) mass is 325 g/mol. The Morgan fingerprint density at radius 3 is 2.38 bits per heavy atom. The molecule has 2 rings (SSSR count). The number of hydrogen-bond acceptors (Lipinski definition) is 3. The Kier molecular flexibility index (Phi) is 6.03. The van der Waals surface area contributed by atoms with Gasteiger partial charge in [-0.05, 0) is 31.2 Å². The molecule has 112 valence electrons. The lowest BCUT2D eigenvalue weighted by atomic mass is 10.3. The molecule has 0 unspecified atom stereocenters. The van der Waals surface area contributed by atoms with Crippen molar-refractivity contribution in [3.63, 3.8) is 0 Å². The van der Waals surface area contributed by atoms with Gasteiger partial charge in [0.05, 0.1) is 22.3 Å². The second kappa shape index (κ2) is 8.01. The van der Waals surface area contributed by atoms with E-state index in [1.165, 1.54) is 0 Å². The Morgan fingerprint density at radius 1 is 0.952 bits per heavy atom. The van der Waals surface area contributed by atoms with Crippen LogP contribution in [0.1, 0.15) is 6.92 Å². The Bertz CT molecular complexity index is 590. The first-order valence-electron chi connectivity index (χ1n) is 6.75.